The number of rotatable bonds is 7. The van der Waals surface area contributed by atoms with Gasteiger partial charge in [0.2, 0.25) is 0 Å². The number of aliphatic hydroxyl groups excluding tert-OH is 1. The van der Waals surface area contributed by atoms with E-state index in [9.17, 15) is 14.7 Å². The minimum Gasteiger partial charge on any atom is -0.459 e. The van der Waals surface area contributed by atoms with Gasteiger partial charge < -0.3 is 44.3 Å². The lowest BCUT2D eigenvalue weighted by molar-refractivity contribution is -0.301. The molecule has 47 heavy (non-hydrogen) atoms. The molecular formula is C35H62N4O8. The van der Waals surface area contributed by atoms with Crippen molar-refractivity contribution in [3.8, 4) is 0 Å². The van der Waals surface area contributed by atoms with E-state index in [0.717, 1.165) is 0 Å². The van der Waals surface area contributed by atoms with Gasteiger partial charge in [0.1, 0.15) is 30.0 Å². The zero-order valence-corrected chi connectivity index (χ0v) is 30.1. The molecule has 6 aliphatic rings. The normalized spacial score (nSPS) is 47.2. The fourth-order valence-corrected chi connectivity index (χ4v) is 8.31. The summed E-state index contributed by atoms with van der Waals surface area (Å²) in [6.07, 6.45) is 0.360. The van der Waals surface area contributed by atoms with E-state index in [2.05, 4.69) is 29.8 Å². The number of Topliss-reactive ketones (excluding diaryl/α,β-unsaturated/α-hetero) is 1. The van der Waals surface area contributed by atoms with Gasteiger partial charge in [0.25, 0.3) is 0 Å². The number of likely N-dealkylation sites (N-methyl/N-ethyl adjacent to an activating group) is 1. The number of carbonyl (C=O) groups is 2. The number of aliphatic hydroxyl groups is 1. The third kappa shape index (κ3) is 8.07. The van der Waals surface area contributed by atoms with Crippen LogP contribution in [0.4, 0.5) is 0 Å². The summed E-state index contributed by atoms with van der Waals surface area (Å²) < 4.78 is 32.5. The molecule has 0 aromatic heterocycles. The largest absolute Gasteiger partial charge is 0.459 e. The topological polar surface area (TPSA) is 140 Å². The van der Waals surface area contributed by atoms with E-state index in [1.165, 1.54) is 12.8 Å². The first-order valence-electron chi connectivity index (χ1n) is 18.1. The average Bonchev–Trinajstić information content (AvgIpc) is 3.78. The molecule has 0 aromatic carbocycles. The highest BCUT2D eigenvalue weighted by molar-refractivity contribution is 6.04. The summed E-state index contributed by atoms with van der Waals surface area (Å²) >= 11 is 0. The molecule has 12 nitrogen and oxygen atoms in total. The molecule has 6 fully saturated rings. The van der Waals surface area contributed by atoms with Crippen molar-refractivity contribution in [1.29, 1.82) is 0 Å². The molecule has 6 rings (SSSR count). The molecule has 0 amide bonds. The van der Waals surface area contributed by atoms with Crippen molar-refractivity contribution in [3.63, 3.8) is 0 Å². The average molecular weight is 667 g/mol. The van der Waals surface area contributed by atoms with Crippen molar-refractivity contribution >= 4 is 11.8 Å². The molecule has 0 radical (unpaired) electrons. The van der Waals surface area contributed by atoms with E-state index >= 15 is 0 Å². The highest BCUT2D eigenvalue weighted by atomic mass is 16.7. The van der Waals surface area contributed by atoms with Crippen LogP contribution in [0, 0.1) is 17.3 Å². The zero-order chi connectivity index (χ0) is 34.3. The zero-order valence-electron chi connectivity index (χ0n) is 30.1. The Kier molecular flexibility index (Phi) is 11.8. The number of carbonyl (C=O) groups excluding carboxylic acids is 2. The van der Waals surface area contributed by atoms with Crippen molar-refractivity contribution in [1.82, 2.24) is 20.9 Å². The maximum atomic E-state index is 14.6. The second-order valence-electron chi connectivity index (χ2n) is 15.8. The number of ketones is 1. The SMILES string of the molecule is CC[C@H]1OC(=O)[C@]2(C)CCO[C@@](C)(C[C@@H](C)CN[C@H](C)[C@H]3NC(C)O[C@@H]31)[C@H](O[C@@H]1O[C@H](CNC3CC3)CC(N(C)C)C1O)[C@@H](C)C2=O. The molecule has 2 bridgehead atoms. The molecule has 5 saturated heterocycles. The fourth-order valence-electron chi connectivity index (χ4n) is 8.31. The molecule has 5 aliphatic heterocycles. The fraction of sp³-hybridized carbons (Fsp3) is 0.943. The van der Waals surface area contributed by atoms with Gasteiger partial charge in [-0.2, -0.15) is 0 Å². The molecular weight excluding hydrogens is 604 g/mol. The second kappa shape index (κ2) is 14.9. The monoisotopic (exact) mass is 666 g/mol. The lowest BCUT2D eigenvalue weighted by Gasteiger charge is -2.49. The first-order valence-corrected chi connectivity index (χ1v) is 18.1. The number of nitrogens with one attached hydrogen (secondary N) is 3. The summed E-state index contributed by atoms with van der Waals surface area (Å²) in [6, 6.07) is 0.270. The summed E-state index contributed by atoms with van der Waals surface area (Å²) in [7, 11) is 3.91. The Balaban J connectivity index is 1.48. The highest BCUT2D eigenvalue weighted by Crippen LogP contribution is 2.42. The van der Waals surface area contributed by atoms with E-state index in [1.54, 1.807) is 6.92 Å². The van der Waals surface area contributed by atoms with Crippen molar-refractivity contribution < 1.29 is 38.4 Å². The summed E-state index contributed by atoms with van der Waals surface area (Å²) in [5.74, 6) is -1.42. The van der Waals surface area contributed by atoms with Gasteiger partial charge in [-0.25, -0.2) is 0 Å². The van der Waals surface area contributed by atoms with Gasteiger partial charge in [-0.05, 0) is 92.8 Å². The van der Waals surface area contributed by atoms with Crippen LogP contribution in [0.25, 0.3) is 0 Å². The number of hydrogen-bond donors (Lipinski definition) is 4. The van der Waals surface area contributed by atoms with Gasteiger partial charge in [0, 0.05) is 37.2 Å². The van der Waals surface area contributed by atoms with Crippen LogP contribution in [0.15, 0.2) is 0 Å². The third-order valence-electron chi connectivity index (χ3n) is 11.4. The van der Waals surface area contributed by atoms with Crippen LogP contribution in [0.3, 0.4) is 0 Å². The highest BCUT2D eigenvalue weighted by Gasteiger charge is 2.56. The molecule has 1 aliphatic carbocycles. The maximum Gasteiger partial charge on any atom is 0.319 e. The van der Waals surface area contributed by atoms with Gasteiger partial charge in [-0.3, -0.25) is 14.9 Å². The van der Waals surface area contributed by atoms with Crippen LogP contribution in [0.2, 0.25) is 0 Å². The Hall–Kier alpha value is -1.22. The summed E-state index contributed by atoms with van der Waals surface area (Å²) in [4.78, 5) is 30.8. The van der Waals surface area contributed by atoms with Gasteiger partial charge >= 0.3 is 5.97 Å². The minimum atomic E-state index is -1.45. The Bertz CT molecular complexity index is 1090. The van der Waals surface area contributed by atoms with E-state index in [4.69, 9.17) is 23.7 Å². The van der Waals surface area contributed by atoms with Crippen molar-refractivity contribution in [2.75, 3.05) is 33.8 Å². The van der Waals surface area contributed by atoms with Gasteiger partial charge in [0.05, 0.1) is 23.9 Å². The van der Waals surface area contributed by atoms with Crippen molar-refractivity contribution in [3.05, 3.63) is 0 Å². The Morgan fingerprint density at radius 2 is 1.83 bits per heavy atom. The number of hydrogen-bond acceptors (Lipinski definition) is 12. The predicted molar refractivity (Wildman–Crippen MR) is 177 cm³/mol. The molecule has 14 atom stereocenters. The molecule has 3 unspecified atom stereocenters. The number of ether oxygens (including phenoxy) is 5. The van der Waals surface area contributed by atoms with Crippen LogP contribution in [0.5, 0.6) is 0 Å². The molecule has 1 saturated carbocycles. The smallest absolute Gasteiger partial charge is 0.319 e. The van der Waals surface area contributed by atoms with E-state index in [0.29, 0.717) is 38.4 Å². The Morgan fingerprint density at radius 1 is 1.11 bits per heavy atom. The van der Waals surface area contributed by atoms with Crippen LogP contribution in [-0.4, -0.2) is 128 Å². The van der Waals surface area contributed by atoms with E-state index in [1.807, 2.05) is 46.7 Å². The Labute approximate surface area is 281 Å². The lowest BCUT2D eigenvalue weighted by Crippen LogP contribution is -2.62. The van der Waals surface area contributed by atoms with E-state index < -0.39 is 47.5 Å². The lowest BCUT2D eigenvalue weighted by atomic mass is 9.70. The number of nitrogens with zero attached hydrogens (tertiary/aromatic N) is 1. The Morgan fingerprint density at radius 3 is 2.49 bits per heavy atom. The maximum absolute atomic E-state index is 14.6. The molecule has 4 N–H and O–H groups in total. The van der Waals surface area contributed by atoms with E-state index in [-0.39, 0.29) is 61.3 Å². The van der Waals surface area contributed by atoms with Crippen molar-refractivity contribution in [2.24, 2.45) is 17.3 Å². The number of fused-ring (bicyclic) bond motifs is 10. The van der Waals surface area contributed by atoms with Gasteiger partial charge in [-0.15, -0.1) is 0 Å². The standard InChI is InChI=1S/C35H62N4O8/c1-10-26-29-27(38-22(5)44-29)21(4)36-17-19(2)16-35(7)31(20(3)30(41)34(6,13-14-43-35)33(42)46-26)47-32-28(40)25(39(8)9)15-24(45-32)18-37-23-11-12-23/h19-29,31-32,36-38,40H,10-18H2,1-9H3/t19-,20+,21-,22?,24+,25?,26-,27-,28?,29-,31-,32+,34-,35+/m1/s1. The van der Waals surface area contributed by atoms with Crippen LogP contribution in [-0.2, 0) is 33.3 Å². The summed E-state index contributed by atoms with van der Waals surface area (Å²) in [5.41, 5.74) is -2.36. The quantitative estimate of drug-likeness (QED) is 0.233. The van der Waals surface area contributed by atoms with Crippen LogP contribution >= 0.6 is 0 Å². The first kappa shape index (κ1) is 37.0. The second-order valence-corrected chi connectivity index (χ2v) is 15.8. The number of esters is 1. The molecule has 5 heterocycles. The molecule has 270 valence electrons. The minimum absolute atomic E-state index is 0.0245. The molecule has 0 aromatic rings. The third-order valence-corrected chi connectivity index (χ3v) is 11.4. The summed E-state index contributed by atoms with van der Waals surface area (Å²) in [5, 5.41) is 22.4. The van der Waals surface area contributed by atoms with Crippen LogP contribution < -0.4 is 16.0 Å². The molecule has 12 heteroatoms. The predicted octanol–water partition coefficient (Wildman–Crippen LogP) is 1.96. The summed E-state index contributed by atoms with van der Waals surface area (Å²) in [6.45, 7) is 15.3. The first-order chi connectivity index (χ1) is 22.2. The van der Waals surface area contributed by atoms with Gasteiger partial charge in [0.15, 0.2) is 12.1 Å². The van der Waals surface area contributed by atoms with Crippen LogP contribution in [0.1, 0.15) is 87.0 Å². The van der Waals surface area contributed by atoms with Gasteiger partial charge in [-0.1, -0.05) is 20.8 Å². The molecule has 0 spiro atoms. The van der Waals surface area contributed by atoms with Crippen molar-refractivity contribution in [2.45, 2.75) is 160 Å².